The van der Waals surface area contributed by atoms with Gasteiger partial charge in [-0.25, -0.2) is 12.4 Å². The van der Waals surface area contributed by atoms with E-state index in [0.717, 1.165) is 18.5 Å². The first kappa shape index (κ1) is 14.8. The first-order chi connectivity index (χ1) is 11.1. The van der Waals surface area contributed by atoms with Gasteiger partial charge in [0, 0.05) is 30.6 Å². The van der Waals surface area contributed by atoms with Crippen LogP contribution in [0, 0.1) is 0 Å². The van der Waals surface area contributed by atoms with Gasteiger partial charge in [0.2, 0.25) is 0 Å². The average Bonchev–Trinajstić information content (AvgIpc) is 2.84. The van der Waals surface area contributed by atoms with Gasteiger partial charge in [-0.1, -0.05) is 35.9 Å². The third-order valence-corrected chi connectivity index (χ3v) is 6.29. The molecule has 1 fully saturated rings. The lowest BCUT2D eigenvalue weighted by Crippen LogP contribution is -2.39. The molecule has 0 radical (unpaired) electrons. The monoisotopic (exact) mass is 346 g/mol. The largest absolute Gasteiger partial charge is 0.315 e. The molecular weight excluding hydrogens is 332 g/mol. The summed E-state index contributed by atoms with van der Waals surface area (Å²) < 4.78 is 26.9. The Morgan fingerprint density at radius 2 is 1.83 bits per heavy atom. The van der Waals surface area contributed by atoms with Crippen molar-refractivity contribution in [2.75, 3.05) is 13.1 Å². The predicted octanol–water partition coefficient (Wildman–Crippen LogP) is 3.22. The quantitative estimate of drug-likeness (QED) is 0.792. The molecule has 0 unspecified atom stereocenters. The molecule has 1 aromatic heterocycles. The highest BCUT2D eigenvalue weighted by atomic mass is 35.5. The van der Waals surface area contributed by atoms with Crippen LogP contribution >= 0.6 is 11.6 Å². The number of hydrogen-bond donors (Lipinski definition) is 1. The molecule has 1 aliphatic heterocycles. The fourth-order valence-electron chi connectivity index (χ4n) is 2.86. The van der Waals surface area contributed by atoms with E-state index in [1.165, 1.54) is 15.7 Å². The number of benzene rings is 2. The fraction of sp³-hybridized carbons (Fsp3) is 0.176. The molecule has 4 nitrogen and oxygen atoms in total. The van der Waals surface area contributed by atoms with Crippen LogP contribution in [0.15, 0.2) is 59.6 Å². The topological polar surface area (TPSA) is 51.1 Å². The second kappa shape index (κ2) is 5.37. The number of fused-ring (bicyclic) bond motifs is 1. The molecule has 0 amide bonds. The van der Waals surface area contributed by atoms with Crippen molar-refractivity contribution in [2.45, 2.75) is 10.8 Å². The van der Waals surface area contributed by atoms with E-state index in [9.17, 15) is 8.42 Å². The van der Waals surface area contributed by atoms with Crippen LogP contribution in [0.25, 0.3) is 10.9 Å². The predicted molar refractivity (Wildman–Crippen MR) is 91.6 cm³/mol. The van der Waals surface area contributed by atoms with Crippen LogP contribution in [-0.4, -0.2) is 25.5 Å². The minimum atomic E-state index is -3.65. The van der Waals surface area contributed by atoms with Gasteiger partial charge in [0.1, 0.15) is 0 Å². The van der Waals surface area contributed by atoms with E-state index >= 15 is 0 Å². The second-order valence-corrected chi connectivity index (χ2v) is 7.94. The summed E-state index contributed by atoms with van der Waals surface area (Å²) in [6.07, 6.45) is 1.48. The van der Waals surface area contributed by atoms with Crippen molar-refractivity contribution >= 4 is 32.5 Å². The zero-order valence-electron chi connectivity index (χ0n) is 12.2. The summed E-state index contributed by atoms with van der Waals surface area (Å²) in [6, 6.07) is 14.2. The van der Waals surface area contributed by atoms with Crippen molar-refractivity contribution in [1.82, 2.24) is 9.29 Å². The summed E-state index contributed by atoms with van der Waals surface area (Å²) in [5, 5.41) is 4.47. The number of rotatable bonds is 3. The van der Waals surface area contributed by atoms with Crippen molar-refractivity contribution in [2.24, 2.45) is 0 Å². The maximum Gasteiger partial charge on any atom is 0.268 e. The molecule has 0 saturated carbocycles. The standard InChI is InChI=1S/C17H15ClN2O2S/c18-16-11-20(23(21,22)14-4-2-1-3-5-14)17-7-6-12(8-15(16)17)13-9-19-10-13/h1-8,11,13,19H,9-10H2. The van der Waals surface area contributed by atoms with E-state index in [-0.39, 0.29) is 4.90 Å². The molecule has 4 rings (SSSR count). The normalized spacial score (nSPS) is 15.7. The van der Waals surface area contributed by atoms with Crippen molar-refractivity contribution in [3.63, 3.8) is 0 Å². The SMILES string of the molecule is O=S(=O)(c1ccccc1)n1cc(Cl)c2cc(C3CNC3)ccc21. The van der Waals surface area contributed by atoms with Crippen molar-refractivity contribution < 1.29 is 8.42 Å². The van der Waals surface area contributed by atoms with Crippen LogP contribution in [0.5, 0.6) is 0 Å². The minimum absolute atomic E-state index is 0.251. The maximum absolute atomic E-state index is 12.8. The number of halogens is 1. The summed E-state index contributed by atoms with van der Waals surface area (Å²) in [6.45, 7) is 1.90. The first-order valence-electron chi connectivity index (χ1n) is 7.39. The Kier molecular flexibility index (Phi) is 3.44. The van der Waals surface area contributed by atoms with E-state index in [1.807, 2.05) is 18.2 Å². The lowest BCUT2D eigenvalue weighted by molar-refractivity contribution is 0.449. The average molecular weight is 347 g/mol. The van der Waals surface area contributed by atoms with Gasteiger partial charge in [-0.2, -0.15) is 0 Å². The first-order valence-corrected chi connectivity index (χ1v) is 9.21. The van der Waals surface area contributed by atoms with Crippen LogP contribution in [0.4, 0.5) is 0 Å². The summed E-state index contributed by atoms with van der Waals surface area (Å²) in [5.41, 5.74) is 1.79. The molecule has 3 aromatic rings. The number of hydrogen-bond acceptors (Lipinski definition) is 3. The molecule has 1 aliphatic rings. The van der Waals surface area contributed by atoms with E-state index in [1.54, 1.807) is 30.3 Å². The zero-order valence-corrected chi connectivity index (χ0v) is 13.8. The maximum atomic E-state index is 12.8. The number of aromatic nitrogens is 1. The summed E-state index contributed by atoms with van der Waals surface area (Å²) >= 11 is 6.31. The molecular formula is C17H15ClN2O2S. The Morgan fingerprint density at radius 3 is 2.48 bits per heavy atom. The van der Waals surface area contributed by atoms with Gasteiger partial charge in [0.05, 0.1) is 15.4 Å². The third kappa shape index (κ3) is 2.36. The number of nitrogens with zero attached hydrogens (tertiary/aromatic N) is 1. The summed E-state index contributed by atoms with van der Waals surface area (Å²) in [4.78, 5) is 0.251. The van der Waals surface area contributed by atoms with Crippen LogP contribution < -0.4 is 5.32 Å². The van der Waals surface area contributed by atoms with Gasteiger partial charge in [-0.3, -0.25) is 0 Å². The Balaban J connectivity index is 1.88. The highest BCUT2D eigenvalue weighted by Crippen LogP contribution is 2.32. The fourth-order valence-corrected chi connectivity index (χ4v) is 4.56. The minimum Gasteiger partial charge on any atom is -0.315 e. The second-order valence-electron chi connectivity index (χ2n) is 5.72. The van der Waals surface area contributed by atoms with E-state index in [4.69, 9.17) is 11.6 Å². The van der Waals surface area contributed by atoms with Crippen molar-refractivity contribution in [1.29, 1.82) is 0 Å². The van der Waals surface area contributed by atoms with Crippen LogP contribution in [0.2, 0.25) is 5.02 Å². The van der Waals surface area contributed by atoms with Crippen molar-refractivity contribution in [3.8, 4) is 0 Å². The molecule has 1 saturated heterocycles. The number of nitrogens with one attached hydrogen (secondary N) is 1. The van der Waals surface area contributed by atoms with Crippen LogP contribution in [0.3, 0.4) is 0 Å². The molecule has 0 aliphatic carbocycles. The molecule has 2 heterocycles. The summed E-state index contributed by atoms with van der Waals surface area (Å²) in [7, 11) is -3.65. The van der Waals surface area contributed by atoms with Crippen LogP contribution in [-0.2, 0) is 10.0 Å². The lowest BCUT2D eigenvalue weighted by atomic mass is 9.93. The van der Waals surface area contributed by atoms with Gasteiger partial charge < -0.3 is 5.32 Å². The van der Waals surface area contributed by atoms with Gasteiger partial charge >= 0.3 is 0 Å². The Labute approximate surface area is 139 Å². The van der Waals surface area contributed by atoms with Gasteiger partial charge in [-0.15, -0.1) is 0 Å². The van der Waals surface area contributed by atoms with Gasteiger partial charge in [0.25, 0.3) is 10.0 Å². The third-order valence-electron chi connectivity index (χ3n) is 4.30. The molecule has 0 spiro atoms. The molecule has 0 atom stereocenters. The van der Waals surface area contributed by atoms with Gasteiger partial charge in [0.15, 0.2) is 0 Å². The molecule has 2 aromatic carbocycles. The zero-order chi connectivity index (χ0) is 16.0. The van der Waals surface area contributed by atoms with Gasteiger partial charge in [-0.05, 0) is 29.8 Å². The van der Waals surface area contributed by atoms with E-state index in [2.05, 4.69) is 5.32 Å². The molecule has 118 valence electrons. The summed E-state index contributed by atoms with van der Waals surface area (Å²) in [5.74, 6) is 0.476. The highest BCUT2D eigenvalue weighted by Gasteiger charge is 2.23. The van der Waals surface area contributed by atoms with E-state index in [0.29, 0.717) is 16.5 Å². The van der Waals surface area contributed by atoms with Crippen LogP contribution in [0.1, 0.15) is 11.5 Å². The molecule has 6 heteroatoms. The highest BCUT2D eigenvalue weighted by molar-refractivity contribution is 7.90. The Hall–Kier alpha value is -1.82. The lowest BCUT2D eigenvalue weighted by Gasteiger charge is -2.27. The smallest absolute Gasteiger partial charge is 0.268 e. The van der Waals surface area contributed by atoms with Crippen molar-refractivity contribution in [3.05, 3.63) is 65.3 Å². The van der Waals surface area contributed by atoms with E-state index < -0.39 is 10.0 Å². The Morgan fingerprint density at radius 1 is 1.09 bits per heavy atom. The molecule has 1 N–H and O–H groups in total. The molecule has 0 bridgehead atoms. The Bertz CT molecular complexity index is 977. The molecule has 23 heavy (non-hydrogen) atoms.